The molecule has 20 heavy (non-hydrogen) atoms. The normalized spacial score (nSPS) is 16.6. The quantitative estimate of drug-likeness (QED) is 0.903. The van der Waals surface area contributed by atoms with Gasteiger partial charge in [0.15, 0.2) is 0 Å². The third kappa shape index (κ3) is 2.96. The molecule has 2 rings (SSSR count). The van der Waals surface area contributed by atoms with E-state index >= 15 is 0 Å². The number of nitrogens with zero attached hydrogens (tertiary/aromatic N) is 1. The topological polar surface area (TPSA) is 49.4 Å². The molecule has 1 heterocycles. The Labute approximate surface area is 120 Å². The van der Waals surface area contributed by atoms with Crippen LogP contribution < -0.4 is 9.62 Å². The zero-order valence-electron chi connectivity index (χ0n) is 12.1. The van der Waals surface area contributed by atoms with Gasteiger partial charge in [-0.15, -0.1) is 0 Å². The molecule has 1 atom stereocenters. The summed E-state index contributed by atoms with van der Waals surface area (Å²) in [6.07, 6.45) is 0.638. The van der Waals surface area contributed by atoms with E-state index in [9.17, 15) is 12.8 Å². The number of hydrogen-bond acceptors (Lipinski definition) is 3. The standard InChI is InChI=1S/C14H21FN2O2S/c1-10(2)16-9-11(3)20(18,19)17-7-6-12-4-5-13(15)8-14(12)17/h4-5,8,10-11,16H,6-7,9H2,1-3H3. The molecular formula is C14H21FN2O2S. The number of sulfonamides is 1. The first-order chi connectivity index (χ1) is 9.32. The van der Waals surface area contributed by atoms with Crippen molar-refractivity contribution in [3.8, 4) is 0 Å². The van der Waals surface area contributed by atoms with Crippen LogP contribution in [0, 0.1) is 5.82 Å². The van der Waals surface area contributed by atoms with E-state index in [4.69, 9.17) is 0 Å². The monoisotopic (exact) mass is 300 g/mol. The number of hydrogen-bond donors (Lipinski definition) is 1. The Bertz CT molecular complexity index is 587. The van der Waals surface area contributed by atoms with Gasteiger partial charge >= 0.3 is 0 Å². The second-order valence-corrected chi connectivity index (χ2v) is 7.79. The molecule has 0 fully saturated rings. The lowest BCUT2D eigenvalue weighted by molar-refractivity contribution is 0.548. The lowest BCUT2D eigenvalue weighted by Gasteiger charge is -2.24. The summed E-state index contributed by atoms with van der Waals surface area (Å²) in [7, 11) is -3.46. The molecule has 6 heteroatoms. The molecule has 1 aromatic carbocycles. The summed E-state index contributed by atoms with van der Waals surface area (Å²) in [6.45, 7) is 6.41. The maximum Gasteiger partial charge on any atom is 0.239 e. The van der Waals surface area contributed by atoms with Crippen LogP contribution in [0.2, 0.25) is 0 Å². The summed E-state index contributed by atoms with van der Waals surface area (Å²) >= 11 is 0. The maximum atomic E-state index is 13.3. The highest BCUT2D eigenvalue weighted by molar-refractivity contribution is 7.93. The number of benzene rings is 1. The van der Waals surface area contributed by atoms with E-state index in [1.54, 1.807) is 13.0 Å². The molecule has 1 unspecified atom stereocenters. The summed E-state index contributed by atoms with van der Waals surface area (Å²) in [6, 6.07) is 4.58. The van der Waals surface area contributed by atoms with Crippen molar-refractivity contribution in [2.45, 2.75) is 38.5 Å². The van der Waals surface area contributed by atoms with Crippen LogP contribution in [-0.4, -0.2) is 32.8 Å². The average molecular weight is 300 g/mol. The lowest BCUT2D eigenvalue weighted by Crippen LogP contribution is -2.42. The van der Waals surface area contributed by atoms with Crippen molar-refractivity contribution >= 4 is 15.7 Å². The molecule has 0 saturated heterocycles. The number of anilines is 1. The zero-order valence-corrected chi connectivity index (χ0v) is 12.9. The molecule has 0 spiro atoms. The van der Waals surface area contributed by atoms with Crippen molar-refractivity contribution < 1.29 is 12.8 Å². The molecule has 0 saturated carbocycles. The maximum absolute atomic E-state index is 13.3. The minimum atomic E-state index is -3.46. The van der Waals surface area contributed by atoms with Crippen molar-refractivity contribution in [3.05, 3.63) is 29.6 Å². The van der Waals surface area contributed by atoms with E-state index in [-0.39, 0.29) is 6.04 Å². The van der Waals surface area contributed by atoms with E-state index in [0.717, 1.165) is 5.56 Å². The fourth-order valence-electron chi connectivity index (χ4n) is 2.31. The molecule has 4 nitrogen and oxygen atoms in total. The zero-order chi connectivity index (χ0) is 14.9. The predicted octanol–water partition coefficient (Wildman–Crippen LogP) is 1.90. The van der Waals surface area contributed by atoms with Crippen LogP contribution in [0.3, 0.4) is 0 Å². The summed E-state index contributed by atoms with van der Waals surface area (Å²) < 4.78 is 39.9. The van der Waals surface area contributed by atoms with Gasteiger partial charge in [0.2, 0.25) is 10.0 Å². The Morgan fingerprint density at radius 3 is 2.70 bits per heavy atom. The van der Waals surface area contributed by atoms with Gasteiger partial charge < -0.3 is 5.32 Å². The highest BCUT2D eigenvalue weighted by atomic mass is 32.2. The third-order valence-corrected chi connectivity index (χ3v) is 5.71. The van der Waals surface area contributed by atoms with Crippen molar-refractivity contribution in [2.24, 2.45) is 0 Å². The smallest absolute Gasteiger partial charge is 0.239 e. The highest BCUT2D eigenvalue weighted by Gasteiger charge is 2.33. The van der Waals surface area contributed by atoms with E-state index in [0.29, 0.717) is 25.2 Å². The molecule has 0 aromatic heterocycles. The van der Waals surface area contributed by atoms with Crippen LogP contribution in [0.25, 0.3) is 0 Å². The summed E-state index contributed by atoms with van der Waals surface area (Å²) in [5, 5.41) is 2.59. The molecule has 112 valence electrons. The first kappa shape index (κ1) is 15.3. The highest BCUT2D eigenvalue weighted by Crippen LogP contribution is 2.32. The Morgan fingerprint density at radius 2 is 2.05 bits per heavy atom. The minimum absolute atomic E-state index is 0.232. The fraction of sp³-hybridized carbons (Fsp3) is 0.571. The average Bonchev–Trinajstić information content (AvgIpc) is 2.79. The van der Waals surface area contributed by atoms with Crippen LogP contribution >= 0.6 is 0 Å². The van der Waals surface area contributed by atoms with E-state index < -0.39 is 21.1 Å². The molecule has 0 bridgehead atoms. The van der Waals surface area contributed by atoms with Crippen LogP contribution in [0.1, 0.15) is 26.3 Å². The number of fused-ring (bicyclic) bond motifs is 1. The predicted molar refractivity (Wildman–Crippen MR) is 79.0 cm³/mol. The van der Waals surface area contributed by atoms with Crippen molar-refractivity contribution in [1.82, 2.24) is 5.32 Å². The Balaban J connectivity index is 2.22. The minimum Gasteiger partial charge on any atom is -0.313 e. The van der Waals surface area contributed by atoms with E-state index in [1.165, 1.54) is 16.4 Å². The van der Waals surface area contributed by atoms with E-state index in [1.807, 2.05) is 13.8 Å². The third-order valence-electron chi connectivity index (χ3n) is 3.53. The van der Waals surface area contributed by atoms with Gasteiger partial charge in [0.05, 0.1) is 10.9 Å². The Morgan fingerprint density at radius 1 is 1.35 bits per heavy atom. The van der Waals surface area contributed by atoms with Crippen LogP contribution in [-0.2, 0) is 16.4 Å². The first-order valence-corrected chi connectivity index (χ1v) is 8.36. The van der Waals surface area contributed by atoms with Gasteiger partial charge in [-0.2, -0.15) is 0 Å². The van der Waals surface area contributed by atoms with Crippen molar-refractivity contribution in [3.63, 3.8) is 0 Å². The van der Waals surface area contributed by atoms with Gasteiger partial charge in [-0.1, -0.05) is 19.9 Å². The molecule has 1 aromatic rings. The van der Waals surface area contributed by atoms with Crippen LogP contribution in [0.4, 0.5) is 10.1 Å². The van der Waals surface area contributed by atoms with Crippen molar-refractivity contribution in [1.29, 1.82) is 0 Å². The number of halogens is 1. The van der Waals surface area contributed by atoms with Gasteiger partial charge in [-0.3, -0.25) is 4.31 Å². The van der Waals surface area contributed by atoms with Gasteiger partial charge in [-0.05, 0) is 31.0 Å². The SMILES string of the molecule is CC(C)NCC(C)S(=O)(=O)N1CCc2ccc(F)cc21. The largest absolute Gasteiger partial charge is 0.313 e. The van der Waals surface area contributed by atoms with Crippen molar-refractivity contribution in [2.75, 3.05) is 17.4 Å². The number of nitrogens with one attached hydrogen (secondary N) is 1. The molecule has 0 radical (unpaired) electrons. The molecule has 0 aliphatic carbocycles. The Hall–Kier alpha value is -1.14. The molecule has 1 aliphatic rings. The summed E-state index contributed by atoms with van der Waals surface area (Å²) in [5.74, 6) is -0.404. The molecule has 1 N–H and O–H groups in total. The summed E-state index contributed by atoms with van der Waals surface area (Å²) in [5.41, 5.74) is 1.38. The fourth-order valence-corrected chi connectivity index (χ4v) is 3.84. The second-order valence-electron chi connectivity index (χ2n) is 5.51. The first-order valence-electron chi connectivity index (χ1n) is 6.85. The van der Waals surface area contributed by atoms with Crippen LogP contribution in [0.15, 0.2) is 18.2 Å². The molecule has 1 aliphatic heterocycles. The van der Waals surface area contributed by atoms with Gasteiger partial charge in [-0.25, -0.2) is 12.8 Å². The van der Waals surface area contributed by atoms with Gasteiger partial charge in [0.25, 0.3) is 0 Å². The van der Waals surface area contributed by atoms with Gasteiger partial charge in [0, 0.05) is 19.1 Å². The van der Waals surface area contributed by atoms with Gasteiger partial charge in [0.1, 0.15) is 5.82 Å². The van der Waals surface area contributed by atoms with E-state index in [2.05, 4.69) is 5.32 Å². The second kappa shape index (κ2) is 5.69. The number of rotatable bonds is 5. The molecule has 0 amide bonds. The summed E-state index contributed by atoms with van der Waals surface area (Å²) in [4.78, 5) is 0. The molecular weight excluding hydrogens is 279 g/mol. The Kier molecular flexibility index (Phi) is 4.34. The lowest BCUT2D eigenvalue weighted by atomic mass is 10.2. The van der Waals surface area contributed by atoms with Crippen LogP contribution in [0.5, 0.6) is 0 Å².